The molecule has 2 aromatic rings. The molecular weight excluding hydrogens is 176 g/mol. The average Bonchev–Trinajstić information content (AvgIpc) is 2.27. The van der Waals surface area contributed by atoms with Gasteiger partial charge in [-0.15, -0.1) is 0 Å². The molecular formula is C11H6N2O. The molecule has 0 aliphatic carbocycles. The van der Waals surface area contributed by atoms with Gasteiger partial charge in [-0.1, -0.05) is 18.2 Å². The lowest BCUT2D eigenvalue weighted by Gasteiger charge is -1.98. The zero-order valence-electron chi connectivity index (χ0n) is 7.27. The second kappa shape index (κ2) is 3.27. The molecule has 14 heavy (non-hydrogen) atoms. The minimum Gasteiger partial charge on any atom is -0.298 e. The first-order valence-corrected chi connectivity index (χ1v) is 4.10. The smallest absolute Gasteiger partial charge is 0.152 e. The molecule has 0 amide bonds. The Bertz CT molecular complexity index is 540. The molecule has 0 bridgehead atoms. The summed E-state index contributed by atoms with van der Waals surface area (Å²) in [7, 11) is 0. The van der Waals surface area contributed by atoms with Gasteiger partial charge in [0.1, 0.15) is 6.07 Å². The molecule has 2 rings (SSSR count). The third-order valence-corrected chi connectivity index (χ3v) is 1.99. The van der Waals surface area contributed by atoms with Gasteiger partial charge in [-0.2, -0.15) is 5.26 Å². The van der Waals surface area contributed by atoms with Crippen LogP contribution in [-0.4, -0.2) is 11.3 Å². The molecule has 66 valence electrons. The van der Waals surface area contributed by atoms with E-state index in [1.165, 1.54) is 0 Å². The van der Waals surface area contributed by atoms with Crippen LogP contribution in [0, 0.1) is 11.3 Å². The third kappa shape index (κ3) is 1.23. The Kier molecular flexibility index (Phi) is 1.96. The Morgan fingerprint density at radius 1 is 1.36 bits per heavy atom. The minimum absolute atomic E-state index is 0.179. The molecule has 0 saturated carbocycles. The fraction of sp³-hybridized carbons (Fsp3) is 0. The van der Waals surface area contributed by atoms with E-state index >= 15 is 0 Å². The summed E-state index contributed by atoms with van der Waals surface area (Å²) in [5.74, 6) is 0. The highest BCUT2D eigenvalue weighted by atomic mass is 16.1. The summed E-state index contributed by atoms with van der Waals surface area (Å²) < 4.78 is 0. The van der Waals surface area contributed by atoms with Crippen molar-refractivity contribution in [3.63, 3.8) is 0 Å². The lowest BCUT2D eigenvalue weighted by molar-refractivity contribution is 0.112. The number of carbonyl (C=O) groups is 1. The van der Waals surface area contributed by atoms with E-state index in [0.29, 0.717) is 11.8 Å². The van der Waals surface area contributed by atoms with E-state index in [9.17, 15) is 4.79 Å². The number of aromatic nitrogens is 1. The van der Waals surface area contributed by atoms with Gasteiger partial charge in [0, 0.05) is 5.39 Å². The van der Waals surface area contributed by atoms with E-state index in [-0.39, 0.29) is 5.69 Å². The maximum absolute atomic E-state index is 10.6. The first kappa shape index (κ1) is 8.39. The maximum atomic E-state index is 10.6. The van der Waals surface area contributed by atoms with Crippen LogP contribution in [-0.2, 0) is 0 Å². The highest BCUT2D eigenvalue weighted by Crippen LogP contribution is 2.14. The Hall–Kier alpha value is -2.21. The molecule has 0 atom stereocenters. The Morgan fingerprint density at radius 2 is 2.14 bits per heavy atom. The minimum atomic E-state index is 0.179. The van der Waals surface area contributed by atoms with Crippen LogP contribution in [0.4, 0.5) is 0 Å². The number of nitrogens with zero attached hydrogens (tertiary/aromatic N) is 2. The number of para-hydroxylation sites is 1. The molecule has 3 nitrogen and oxygen atoms in total. The van der Waals surface area contributed by atoms with Crippen LogP contribution < -0.4 is 0 Å². The summed E-state index contributed by atoms with van der Waals surface area (Å²) in [6.07, 6.45) is 0.651. The molecule has 0 spiro atoms. The molecule has 0 aliphatic heterocycles. The molecule has 1 heterocycles. The largest absolute Gasteiger partial charge is 0.298 e. The Labute approximate surface area is 80.6 Å². The monoisotopic (exact) mass is 182 g/mol. The fourth-order valence-electron chi connectivity index (χ4n) is 1.31. The molecule has 1 aromatic carbocycles. The van der Waals surface area contributed by atoms with Crippen LogP contribution in [0.25, 0.3) is 10.9 Å². The van der Waals surface area contributed by atoms with Crippen LogP contribution in [0.5, 0.6) is 0 Å². The Balaban J connectivity index is 2.83. The summed E-state index contributed by atoms with van der Waals surface area (Å²) in [5.41, 5.74) is 1.25. The normalized spacial score (nSPS) is 9.64. The van der Waals surface area contributed by atoms with Crippen molar-refractivity contribution < 1.29 is 4.79 Å². The van der Waals surface area contributed by atoms with Crippen molar-refractivity contribution in [2.75, 3.05) is 0 Å². The van der Waals surface area contributed by atoms with Gasteiger partial charge >= 0.3 is 0 Å². The number of hydrogen-bond donors (Lipinski definition) is 0. The highest BCUT2D eigenvalue weighted by molar-refractivity contribution is 5.88. The van der Waals surface area contributed by atoms with Crippen LogP contribution >= 0.6 is 0 Å². The zero-order valence-corrected chi connectivity index (χ0v) is 7.27. The van der Waals surface area contributed by atoms with Crippen molar-refractivity contribution in [3.05, 3.63) is 41.6 Å². The van der Waals surface area contributed by atoms with E-state index < -0.39 is 0 Å². The van der Waals surface area contributed by atoms with E-state index in [4.69, 9.17) is 5.26 Å². The SMILES string of the molecule is N#Cc1nc2ccccc2cc1C=O. The van der Waals surface area contributed by atoms with Gasteiger partial charge in [-0.05, 0) is 12.1 Å². The van der Waals surface area contributed by atoms with E-state index in [1.54, 1.807) is 6.07 Å². The molecule has 0 aliphatic rings. The van der Waals surface area contributed by atoms with E-state index in [0.717, 1.165) is 10.9 Å². The van der Waals surface area contributed by atoms with Crippen LogP contribution in [0.15, 0.2) is 30.3 Å². The van der Waals surface area contributed by atoms with Crippen molar-refractivity contribution in [3.8, 4) is 6.07 Å². The van der Waals surface area contributed by atoms with Crippen molar-refractivity contribution >= 4 is 17.2 Å². The predicted octanol–water partition coefficient (Wildman–Crippen LogP) is 1.92. The van der Waals surface area contributed by atoms with Gasteiger partial charge in [-0.3, -0.25) is 4.79 Å². The summed E-state index contributed by atoms with van der Waals surface area (Å²) in [6.45, 7) is 0. The standard InChI is InChI=1S/C11H6N2O/c12-6-11-9(7-14)5-8-3-1-2-4-10(8)13-11/h1-5,7H. The molecule has 0 fully saturated rings. The predicted molar refractivity (Wildman–Crippen MR) is 51.8 cm³/mol. The molecule has 0 saturated heterocycles. The van der Waals surface area contributed by atoms with Crippen molar-refractivity contribution in [1.29, 1.82) is 5.26 Å². The molecule has 0 unspecified atom stereocenters. The van der Waals surface area contributed by atoms with Gasteiger partial charge in [0.25, 0.3) is 0 Å². The van der Waals surface area contributed by atoms with Gasteiger partial charge in [0.05, 0.1) is 11.1 Å². The van der Waals surface area contributed by atoms with Crippen molar-refractivity contribution in [2.24, 2.45) is 0 Å². The second-order valence-corrected chi connectivity index (χ2v) is 2.85. The van der Waals surface area contributed by atoms with Gasteiger partial charge < -0.3 is 0 Å². The molecule has 0 N–H and O–H groups in total. The summed E-state index contributed by atoms with van der Waals surface area (Å²) in [4.78, 5) is 14.7. The number of carbonyl (C=O) groups excluding carboxylic acids is 1. The van der Waals surface area contributed by atoms with Crippen LogP contribution in [0.1, 0.15) is 16.1 Å². The van der Waals surface area contributed by atoms with Gasteiger partial charge in [-0.25, -0.2) is 4.98 Å². The summed E-state index contributed by atoms with van der Waals surface area (Å²) >= 11 is 0. The maximum Gasteiger partial charge on any atom is 0.152 e. The number of hydrogen-bond acceptors (Lipinski definition) is 3. The molecule has 3 heteroatoms. The number of aldehydes is 1. The molecule has 0 radical (unpaired) electrons. The molecule has 1 aromatic heterocycles. The second-order valence-electron chi connectivity index (χ2n) is 2.85. The average molecular weight is 182 g/mol. The topological polar surface area (TPSA) is 53.8 Å². The van der Waals surface area contributed by atoms with Gasteiger partial charge in [0.2, 0.25) is 0 Å². The van der Waals surface area contributed by atoms with Gasteiger partial charge in [0.15, 0.2) is 12.0 Å². The third-order valence-electron chi connectivity index (χ3n) is 1.99. The fourth-order valence-corrected chi connectivity index (χ4v) is 1.31. The van der Waals surface area contributed by atoms with Crippen LogP contribution in [0.3, 0.4) is 0 Å². The number of pyridine rings is 1. The highest BCUT2D eigenvalue weighted by Gasteiger charge is 2.04. The summed E-state index contributed by atoms with van der Waals surface area (Å²) in [5, 5.41) is 9.61. The van der Waals surface area contributed by atoms with E-state index in [1.807, 2.05) is 30.3 Å². The number of fused-ring (bicyclic) bond motifs is 1. The lowest BCUT2D eigenvalue weighted by atomic mass is 10.1. The van der Waals surface area contributed by atoms with Crippen LogP contribution in [0.2, 0.25) is 0 Å². The first-order valence-electron chi connectivity index (χ1n) is 4.10. The van der Waals surface area contributed by atoms with E-state index in [2.05, 4.69) is 4.98 Å². The number of benzene rings is 1. The number of nitriles is 1. The quantitative estimate of drug-likeness (QED) is 0.633. The number of rotatable bonds is 1. The van der Waals surface area contributed by atoms with Crippen molar-refractivity contribution in [2.45, 2.75) is 0 Å². The Morgan fingerprint density at radius 3 is 2.86 bits per heavy atom. The zero-order chi connectivity index (χ0) is 9.97. The summed E-state index contributed by atoms with van der Waals surface area (Å²) in [6, 6.07) is 10.9. The first-order chi connectivity index (χ1) is 6.85. The van der Waals surface area contributed by atoms with Crippen molar-refractivity contribution in [1.82, 2.24) is 4.98 Å². The lowest BCUT2D eigenvalue weighted by Crippen LogP contribution is -1.92.